The Morgan fingerprint density at radius 1 is 1.12 bits per heavy atom. The SMILES string of the molecule is Nc1c(O)cccc1Cc1cccc(Cl)c1. The van der Waals surface area contributed by atoms with Crippen LogP contribution in [0, 0.1) is 0 Å². The fourth-order valence-electron chi connectivity index (χ4n) is 1.62. The van der Waals surface area contributed by atoms with Crippen LogP contribution in [0.5, 0.6) is 5.75 Å². The first kappa shape index (κ1) is 10.8. The van der Waals surface area contributed by atoms with Crippen molar-refractivity contribution in [2.24, 2.45) is 0 Å². The third-order valence-corrected chi connectivity index (χ3v) is 2.69. The topological polar surface area (TPSA) is 46.2 Å². The summed E-state index contributed by atoms with van der Waals surface area (Å²) in [5.74, 6) is 0.125. The van der Waals surface area contributed by atoms with Crippen molar-refractivity contribution >= 4 is 17.3 Å². The number of hydrogen-bond donors (Lipinski definition) is 2. The summed E-state index contributed by atoms with van der Waals surface area (Å²) >= 11 is 5.90. The van der Waals surface area contributed by atoms with Gasteiger partial charge in [-0.25, -0.2) is 0 Å². The highest BCUT2D eigenvalue weighted by Gasteiger charge is 2.04. The van der Waals surface area contributed by atoms with Gasteiger partial charge in [0.15, 0.2) is 0 Å². The van der Waals surface area contributed by atoms with E-state index in [1.807, 2.05) is 30.3 Å². The molecule has 0 spiro atoms. The van der Waals surface area contributed by atoms with E-state index in [9.17, 15) is 5.11 Å². The van der Waals surface area contributed by atoms with Crippen LogP contribution in [0.15, 0.2) is 42.5 Å². The van der Waals surface area contributed by atoms with Gasteiger partial charge in [0.1, 0.15) is 5.75 Å². The molecule has 2 nitrogen and oxygen atoms in total. The van der Waals surface area contributed by atoms with E-state index in [0.29, 0.717) is 17.1 Å². The summed E-state index contributed by atoms with van der Waals surface area (Å²) in [5.41, 5.74) is 8.20. The maximum Gasteiger partial charge on any atom is 0.138 e. The molecule has 2 rings (SSSR count). The van der Waals surface area contributed by atoms with Crippen molar-refractivity contribution < 1.29 is 5.11 Å². The number of phenolic OH excluding ortho intramolecular Hbond substituents is 1. The van der Waals surface area contributed by atoms with Crippen LogP contribution >= 0.6 is 11.6 Å². The van der Waals surface area contributed by atoms with Crippen molar-refractivity contribution in [1.29, 1.82) is 0 Å². The molecular formula is C13H12ClNO. The zero-order valence-corrected chi connectivity index (χ0v) is 9.41. The highest BCUT2D eigenvalue weighted by Crippen LogP contribution is 2.26. The van der Waals surface area contributed by atoms with Crippen LogP contribution in [-0.4, -0.2) is 5.11 Å². The van der Waals surface area contributed by atoms with Gasteiger partial charge in [-0.15, -0.1) is 0 Å². The quantitative estimate of drug-likeness (QED) is 0.618. The van der Waals surface area contributed by atoms with Gasteiger partial charge in [0.05, 0.1) is 5.69 Å². The van der Waals surface area contributed by atoms with Crippen molar-refractivity contribution in [3.8, 4) is 5.75 Å². The number of benzene rings is 2. The Hall–Kier alpha value is -1.67. The van der Waals surface area contributed by atoms with Gasteiger partial charge in [0.25, 0.3) is 0 Å². The Labute approximate surface area is 99.3 Å². The van der Waals surface area contributed by atoms with E-state index >= 15 is 0 Å². The Bertz CT molecular complexity index is 511. The third-order valence-electron chi connectivity index (χ3n) is 2.46. The monoisotopic (exact) mass is 233 g/mol. The van der Waals surface area contributed by atoms with E-state index in [2.05, 4.69) is 0 Å². The Kier molecular flexibility index (Phi) is 3.02. The molecule has 0 unspecified atom stereocenters. The second-order valence-electron chi connectivity index (χ2n) is 3.66. The van der Waals surface area contributed by atoms with Crippen LogP contribution in [0.25, 0.3) is 0 Å². The molecule has 82 valence electrons. The van der Waals surface area contributed by atoms with E-state index < -0.39 is 0 Å². The smallest absolute Gasteiger partial charge is 0.138 e. The summed E-state index contributed by atoms with van der Waals surface area (Å²) in [6.07, 6.45) is 0.667. The average molecular weight is 234 g/mol. The average Bonchev–Trinajstić information content (AvgIpc) is 2.25. The summed E-state index contributed by atoms with van der Waals surface area (Å²) in [5, 5.41) is 10.2. The minimum Gasteiger partial charge on any atom is -0.506 e. The zero-order valence-electron chi connectivity index (χ0n) is 8.65. The molecule has 0 radical (unpaired) electrons. The zero-order chi connectivity index (χ0) is 11.5. The number of nitrogens with two attached hydrogens (primary N) is 1. The second kappa shape index (κ2) is 4.45. The fraction of sp³-hybridized carbons (Fsp3) is 0.0769. The molecule has 0 atom stereocenters. The lowest BCUT2D eigenvalue weighted by Gasteiger charge is -2.07. The number of hydrogen-bond acceptors (Lipinski definition) is 2. The number of phenols is 1. The molecular weight excluding hydrogens is 222 g/mol. The van der Waals surface area contributed by atoms with E-state index in [-0.39, 0.29) is 5.75 Å². The lowest BCUT2D eigenvalue weighted by molar-refractivity contribution is 0.477. The lowest BCUT2D eigenvalue weighted by Crippen LogP contribution is -1.95. The highest BCUT2D eigenvalue weighted by molar-refractivity contribution is 6.30. The van der Waals surface area contributed by atoms with Crippen LogP contribution < -0.4 is 5.73 Å². The van der Waals surface area contributed by atoms with Gasteiger partial charge in [0.2, 0.25) is 0 Å². The highest BCUT2D eigenvalue weighted by atomic mass is 35.5. The molecule has 0 aliphatic heterocycles. The first-order valence-corrected chi connectivity index (χ1v) is 5.35. The number of rotatable bonds is 2. The first-order chi connectivity index (χ1) is 7.66. The molecule has 16 heavy (non-hydrogen) atoms. The Morgan fingerprint density at radius 3 is 2.62 bits per heavy atom. The predicted octanol–water partition coefficient (Wildman–Crippen LogP) is 3.22. The van der Waals surface area contributed by atoms with Crippen molar-refractivity contribution in [3.63, 3.8) is 0 Å². The molecule has 3 N–H and O–H groups in total. The summed E-state index contributed by atoms with van der Waals surface area (Å²) in [4.78, 5) is 0. The van der Waals surface area contributed by atoms with Gasteiger partial charge in [-0.05, 0) is 35.7 Å². The number of aromatic hydroxyl groups is 1. The van der Waals surface area contributed by atoms with E-state index in [0.717, 1.165) is 11.1 Å². The van der Waals surface area contributed by atoms with Crippen LogP contribution in [-0.2, 0) is 6.42 Å². The van der Waals surface area contributed by atoms with Gasteiger partial charge in [-0.3, -0.25) is 0 Å². The van der Waals surface area contributed by atoms with Gasteiger partial charge in [-0.2, -0.15) is 0 Å². The normalized spacial score (nSPS) is 10.3. The van der Waals surface area contributed by atoms with Crippen LogP contribution in [0.4, 0.5) is 5.69 Å². The Balaban J connectivity index is 2.31. The maximum atomic E-state index is 9.48. The molecule has 0 aliphatic rings. The molecule has 0 heterocycles. The summed E-state index contributed by atoms with van der Waals surface area (Å²) in [6.45, 7) is 0. The van der Waals surface area contributed by atoms with Gasteiger partial charge < -0.3 is 10.8 Å². The van der Waals surface area contributed by atoms with Crippen LogP contribution in [0.3, 0.4) is 0 Å². The second-order valence-corrected chi connectivity index (χ2v) is 4.09. The molecule has 3 heteroatoms. The summed E-state index contributed by atoms with van der Waals surface area (Å²) in [6, 6.07) is 12.9. The molecule has 0 aliphatic carbocycles. The Morgan fingerprint density at radius 2 is 1.88 bits per heavy atom. The molecule has 0 bridgehead atoms. The summed E-state index contributed by atoms with van der Waals surface area (Å²) in [7, 11) is 0. The largest absolute Gasteiger partial charge is 0.506 e. The predicted molar refractivity (Wildman–Crippen MR) is 66.8 cm³/mol. The van der Waals surface area contributed by atoms with Crippen molar-refractivity contribution in [2.75, 3.05) is 5.73 Å². The van der Waals surface area contributed by atoms with Crippen molar-refractivity contribution in [2.45, 2.75) is 6.42 Å². The molecule has 0 saturated carbocycles. The number of para-hydroxylation sites is 1. The van der Waals surface area contributed by atoms with Gasteiger partial charge in [0, 0.05) is 5.02 Å². The van der Waals surface area contributed by atoms with Crippen molar-refractivity contribution in [3.05, 3.63) is 58.6 Å². The molecule has 0 saturated heterocycles. The van der Waals surface area contributed by atoms with E-state index in [1.54, 1.807) is 12.1 Å². The molecule has 2 aromatic rings. The first-order valence-electron chi connectivity index (χ1n) is 4.97. The maximum absolute atomic E-state index is 9.48. The van der Waals surface area contributed by atoms with Gasteiger partial charge >= 0.3 is 0 Å². The third kappa shape index (κ3) is 2.28. The minimum absolute atomic E-state index is 0.125. The molecule has 2 aromatic carbocycles. The van der Waals surface area contributed by atoms with Crippen LogP contribution in [0.2, 0.25) is 5.02 Å². The molecule has 0 aromatic heterocycles. The van der Waals surface area contributed by atoms with Crippen LogP contribution in [0.1, 0.15) is 11.1 Å². The lowest BCUT2D eigenvalue weighted by atomic mass is 10.0. The number of halogens is 1. The number of nitrogen functional groups attached to an aromatic ring is 1. The van der Waals surface area contributed by atoms with Gasteiger partial charge in [-0.1, -0.05) is 35.9 Å². The summed E-state index contributed by atoms with van der Waals surface area (Å²) < 4.78 is 0. The fourth-order valence-corrected chi connectivity index (χ4v) is 1.83. The number of anilines is 1. The minimum atomic E-state index is 0.125. The molecule has 0 fully saturated rings. The van der Waals surface area contributed by atoms with E-state index in [4.69, 9.17) is 17.3 Å². The van der Waals surface area contributed by atoms with Crippen molar-refractivity contribution in [1.82, 2.24) is 0 Å². The van der Waals surface area contributed by atoms with E-state index in [1.165, 1.54) is 0 Å². The standard InChI is InChI=1S/C13H12ClNO/c14-11-5-1-3-9(8-11)7-10-4-2-6-12(16)13(10)15/h1-6,8,16H,7,15H2. The molecule has 0 amide bonds.